The molecule has 1 N–H and O–H groups in total. The molecule has 0 aliphatic rings. The van der Waals surface area contributed by atoms with E-state index in [1.54, 1.807) is 44.4 Å². The van der Waals surface area contributed by atoms with Crippen LogP contribution in [0.3, 0.4) is 0 Å². The van der Waals surface area contributed by atoms with Crippen molar-refractivity contribution in [3.05, 3.63) is 76.9 Å². The van der Waals surface area contributed by atoms with E-state index >= 15 is 0 Å². The molecule has 2 aromatic carbocycles. The molecule has 0 fully saturated rings. The third-order valence-electron chi connectivity index (χ3n) is 3.90. The van der Waals surface area contributed by atoms with Gasteiger partial charge in [0, 0.05) is 32.3 Å². The normalized spacial score (nSPS) is 11.4. The molecule has 7 heteroatoms. The van der Waals surface area contributed by atoms with Crippen LogP contribution in [0.5, 0.6) is 0 Å². The topological polar surface area (TPSA) is 49.4 Å². The average Bonchev–Trinajstić information content (AvgIpc) is 2.65. The van der Waals surface area contributed by atoms with Crippen LogP contribution in [0.15, 0.2) is 54.6 Å². The van der Waals surface area contributed by atoms with E-state index in [-0.39, 0.29) is 18.4 Å². The highest BCUT2D eigenvalue weighted by molar-refractivity contribution is 5.94. The van der Waals surface area contributed by atoms with E-state index < -0.39 is 11.7 Å². The van der Waals surface area contributed by atoms with E-state index in [9.17, 15) is 22.8 Å². The molecule has 27 heavy (non-hydrogen) atoms. The lowest BCUT2D eigenvalue weighted by Gasteiger charge is -2.16. The largest absolute Gasteiger partial charge is 0.416 e. The highest BCUT2D eigenvalue weighted by Crippen LogP contribution is 2.29. The lowest BCUT2D eigenvalue weighted by atomic mass is 10.1. The average molecular weight is 376 g/mol. The van der Waals surface area contributed by atoms with E-state index in [0.717, 1.165) is 17.7 Å². The summed E-state index contributed by atoms with van der Waals surface area (Å²) in [5.41, 5.74) is 1.14. The first-order chi connectivity index (χ1) is 12.7. The van der Waals surface area contributed by atoms with Crippen LogP contribution in [0.25, 0.3) is 6.08 Å². The van der Waals surface area contributed by atoms with Gasteiger partial charge >= 0.3 is 6.18 Å². The Balaban J connectivity index is 1.96. The first kappa shape index (κ1) is 20.2. The highest BCUT2D eigenvalue weighted by Gasteiger charge is 2.29. The molecule has 0 heterocycles. The van der Waals surface area contributed by atoms with Gasteiger partial charge in [0.05, 0.1) is 5.56 Å². The molecule has 2 aromatic rings. The second-order valence-corrected chi connectivity index (χ2v) is 5.92. The van der Waals surface area contributed by atoms with Crippen molar-refractivity contribution >= 4 is 17.9 Å². The summed E-state index contributed by atoms with van der Waals surface area (Å²) in [6.45, 7) is 0.191. The lowest BCUT2D eigenvalue weighted by molar-refractivity contribution is -0.137. The number of rotatable bonds is 5. The smallest absolute Gasteiger partial charge is 0.355 e. The van der Waals surface area contributed by atoms with Gasteiger partial charge in [-0.05, 0) is 41.5 Å². The van der Waals surface area contributed by atoms with Crippen molar-refractivity contribution < 1.29 is 22.8 Å². The van der Waals surface area contributed by atoms with Gasteiger partial charge in [-0.1, -0.05) is 24.3 Å². The van der Waals surface area contributed by atoms with E-state index in [4.69, 9.17) is 0 Å². The van der Waals surface area contributed by atoms with Crippen molar-refractivity contribution in [2.45, 2.75) is 12.7 Å². The molecule has 0 spiro atoms. The van der Waals surface area contributed by atoms with E-state index in [1.807, 2.05) is 0 Å². The molecule has 2 amide bonds. The molecule has 0 atom stereocenters. The van der Waals surface area contributed by atoms with E-state index in [0.29, 0.717) is 11.1 Å². The standard InChI is InChI=1S/C20H19F3N2O2/c1-24-19(27)16-8-3-14(4-9-16)7-12-18(26)25(2)13-15-5-10-17(11-6-15)20(21,22)23/h3-12H,13H2,1-2H3,(H,24,27)/b12-7+. The molecular formula is C20H19F3N2O2. The number of halogens is 3. The molecule has 0 radical (unpaired) electrons. The second-order valence-electron chi connectivity index (χ2n) is 5.92. The zero-order chi connectivity index (χ0) is 20.0. The number of hydrogen-bond acceptors (Lipinski definition) is 2. The molecule has 0 bridgehead atoms. The lowest BCUT2D eigenvalue weighted by Crippen LogP contribution is -2.24. The predicted molar refractivity (Wildman–Crippen MR) is 96.8 cm³/mol. The Hall–Kier alpha value is -3.09. The van der Waals surface area contributed by atoms with Gasteiger partial charge in [0.1, 0.15) is 0 Å². The Morgan fingerprint density at radius 3 is 2.15 bits per heavy atom. The van der Waals surface area contributed by atoms with Gasteiger partial charge in [0.2, 0.25) is 5.91 Å². The van der Waals surface area contributed by atoms with Crippen LogP contribution in [-0.2, 0) is 17.5 Å². The van der Waals surface area contributed by atoms with Crippen LogP contribution in [0.4, 0.5) is 13.2 Å². The van der Waals surface area contributed by atoms with Crippen LogP contribution in [-0.4, -0.2) is 30.8 Å². The third-order valence-corrected chi connectivity index (χ3v) is 3.90. The SMILES string of the molecule is CNC(=O)c1ccc(/C=C/C(=O)N(C)Cc2ccc(C(F)(F)F)cc2)cc1. The number of amides is 2. The summed E-state index contributed by atoms with van der Waals surface area (Å²) in [6, 6.07) is 11.4. The fraction of sp³-hybridized carbons (Fsp3) is 0.200. The number of alkyl halides is 3. The Bertz CT molecular complexity index is 826. The molecule has 0 saturated heterocycles. The zero-order valence-corrected chi connectivity index (χ0v) is 14.9. The van der Waals surface area contributed by atoms with Gasteiger partial charge in [-0.25, -0.2) is 0 Å². The van der Waals surface area contributed by atoms with Crippen molar-refractivity contribution in [3.8, 4) is 0 Å². The van der Waals surface area contributed by atoms with Crippen molar-refractivity contribution in [1.29, 1.82) is 0 Å². The van der Waals surface area contributed by atoms with Crippen LogP contribution >= 0.6 is 0 Å². The minimum Gasteiger partial charge on any atom is -0.355 e. The van der Waals surface area contributed by atoms with E-state index in [2.05, 4.69) is 5.32 Å². The third kappa shape index (κ3) is 5.70. The van der Waals surface area contributed by atoms with Gasteiger partial charge in [-0.3, -0.25) is 9.59 Å². The van der Waals surface area contributed by atoms with Gasteiger partial charge in [-0.15, -0.1) is 0 Å². The maximum absolute atomic E-state index is 12.6. The number of hydrogen-bond donors (Lipinski definition) is 1. The molecule has 0 unspecified atom stereocenters. The maximum Gasteiger partial charge on any atom is 0.416 e. The summed E-state index contributed by atoms with van der Waals surface area (Å²) in [5, 5.41) is 2.52. The summed E-state index contributed by atoms with van der Waals surface area (Å²) in [6.07, 6.45) is -1.39. The van der Waals surface area contributed by atoms with Crippen LogP contribution < -0.4 is 5.32 Å². The summed E-state index contributed by atoms with van der Waals surface area (Å²) < 4.78 is 37.7. The fourth-order valence-electron chi connectivity index (χ4n) is 2.34. The van der Waals surface area contributed by atoms with Gasteiger partial charge in [0.25, 0.3) is 5.91 Å². The van der Waals surface area contributed by atoms with Crippen molar-refractivity contribution in [3.63, 3.8) is 0 Å². The molecule has 142 valence electrons. The van der Waals surface area contributed by atoms with Gasteiger partial charge < -0.3 is 10.2 Å². The molecule has 2 rings (SSSR count). The minimum atomic E-state index is -4.38. The predicted octanol–water partition coefficient (Wildman–Crippen LogP) is 3.74. The summed E-state index contributed by atoms with van der Waals surface area (Å²) >= 11 is 0. The molecule has 0 aliphatic carbocycles. The summed E-state index contributed by atoms with van der Waals surface area (Å²) in [7, 11) is 3.11. The molecule has 0 aromatic heterocycles. The quantitative estimate of drug-likeness (QED) is 0.809. The summed E-state index contributed by atoms with van der Waals surface area (Å²) in [5.74, 6) is -0.483. The van der Waals surface area contributed by atoms with Crippen LogP contribution in [0.1, 0.15) is 27.0 Å². The Morgan fingerprint density at radius 1 is 1.04 bits per heavy atom. The van der Waals surface area contributed by atoms with Crippen molar-refractivity contribution in [2.75, 3.05) is 14.1 Å². The first-order valence-corrected chi connectivity index (χ1v) is 8.12. The molecule has 0 saturated carbocycles. The molecule has 4 nitrogen and oxygen atoms in total. The van der Waals surface area contributed by atoms with Gasteiger partial charge in [0.15, 0.2) is 0 Å². The van der Waals surface area contributed by atoms with Crippen LogP contribution in [0.2, 0.25) is 0 Å². The number of nitrogens with one attached hydrogen (secondary N) is 1. The number of carbonyl (C=O) groups excluding carboxylic acids is 2. The Kier molecular flexibility index (Phi) is 6.39. The number of likely N-dealkylation sites (N-methyl/N-ethyl adjacent to an activating group) is 1. The number of benzene rings is 2. The molecule has 0 aliphatic heterocycles. The highest BCUT2D eigenvalue weighted by atomic mass is 19.4. The second kappa shape index (κ2) is 8.53. The maximum atomic E-state index is 12.6. The monoisotopic (exact) mass is 376 g/mol. The number of nitrogens with zero attached hydrogens (tertiary/aromatic N) is 1. The Morgan fingerprint density at radius 2 is 1.63 bits per heavy atom. The number of carbonyl (C=O) groups is 2. The van der Waals surface area contributed by atoms with Gasteiger partial charge in [-0.2, -0.15) is 13.2 Å². The Labute approximate surface area is 155 Å². The summed E-state index contributed by atoms with van der Waals surface area (Å²) in [4.78, 5) is 25.0. The minimum absolute atomic E-state index is 0.191. The molecular weight excluding hydrogens is 357 g/mol. The van der Waals surface area contributed by atoms with E-state index in [1.165, 1.54) is 23.1 Å². The first-order valence-electron chi connectivity index (χ1n) is 8.12. The van der Waals surface area contributed by atoms with Crippen molar-refractivity contribution in [2.24, 2.45) is 0 Å². The zero-order valence-electron chi connectivity index (χ0n) is 14.9. The van der Waals surface area contributed by atoms with Crippen LogP contribution in [0, 0.1) is 0 Å². The van der Waals surface area contributed by atoms with Crippen molar-refractivity contribution in [1.82, 2.24) is 10.2 Å². The fourth-order valence-corrected chi connectivity index (χ4v) is 2.34.